The summed E-state index contributed by atoms with van der Waals surface area (Å²) in [5.41, 5.74) is 0. The van der Waals surface area contributed by atoms with E-state index in [-0.39, 0.29) is 18.0 Å². The minimum absolute atomic E-state index is 0.0328. The van der Waals surface area contributed by atoms with Crippen molar-refractivity contribution in [3.05, 3.63) is 22.4 Å². The molecule has 3 heterocycles. The maximum absolute atomic E-state index is 12.5. The smallest absolute Gasteiger partial charge is 0.317 e. The van der Waals surface area contributed by atoms with Gasteiger partial charge in [0.15, 0.2) is 0 Å². The van der Waals surface area contributed by atoms with E-state index in [4.69, 9.17) is 0 Å². The number of nitrogens with one attached hydrogen (secondary N) is 1. The van der Waals surface area contributed by atoms with E-state index < -0.39 is 0 Å². The molecular weight excluding hydrogens is 322 g/mol. The molecule has 1 aromatic rings. The average Bonchev–Trinajstić information content (AvgIpc) is 3.20. The second-order valence-electron chi connectivity index (χ2n) is 6.64. The van der Waals surface area contributed by atoms with Crippen molar-refractivity contribution >= 4 is 23.3 Å². The van der Waals surface area contributed by atoms with Crippen LogP contribution in [0.25, 0.3) is 0 Å². The molecule has 5 nitrogen and oxygen atoms in total. The van der Waals surface area contributed by atoms with Crippen LogP contribution in [0, 0.1) is 0 Å². The first kappa shape index (κ1) is 17.3. The Morgan fingerprint density at radius 2 is 1.92 bits per heavy atom. The number of thiophene rings is 1. The lowest BCUT2D eigenvalue weighted by atomic mass is 10.2. The van der Waals surface area contributed by atoms with Gasteiger partial charge in [-0.2, -0.15) is 0 Å². The van der Waals surface area contributed by atoms with Gasteiger partial charge >= 0.3 is 6.03 Å². The lowest BCUT2D eigenvalue weighted by molar-refractivity contribution is -0.131. The molecule has 0 saturated carbocycles. The molecule has 132 valence electrons. The summed E-state index contributed by atoms with van der Waals surface area (Å²) in [5.74, 6) is 0.174. The zero-order valence-corrected chi connectivity index (χ0v) is 15.0. The Labute approximate surface area is 148 Å². The maximum Gasteiger partial charge on any atom is 0.317 e. The molecule has 0 aromatic carbocycles. The van der Waals surface area contributed by atoms with Gasteiger partial charge in [-0.15, -0.1) is 11.3 Å². The maximum atomic E-state index is 12.5. The summed E-state index contributed by atoms with van der Waals surface area (Å²) in [4.78, 5) is 29.9. The predicted octanol–water partition coefficient (Wildman–Crippen LogP) is 3.39. The summed E-state index contributed by atoms with van der Waals surface area (Å²) in [6.45, 7) is 2.98. The van der Waals surface area contributed by atoms with Gasteiger partial charge in [-0.05, 0) is 37.1 Å². The number of hydrogen-bond acceptors (Lipinski definition) is 3. The first-order valence-corrected chi connectivity index (χ1v) is 9.99. The topological polar surface area (TPSA) is 52.7 Å². The molecule has 3 amide bonds. The lowest BCUT2D eigenvalue weighted by Crippen LogP contribution is -2.41. The molecule has 0 unspecified atom stereocenters. The van der Waals surface area contributed by atoms with E-state index >= 15 is 0 Å². The highest BCUT2D eigenvalue weighted by Gasteiger charge is 2.30. The molecule has 0 radical (unpaired) electrons. The summed E-state index contributed by atoms with van der Waals surface area (Å²) < 4.78 is 0. The van der Waals surface area contributed by atoms with Gasteiger partial charge in [-0.25, -0.2) is 4.79 Å². The summed E-state index contributed by atoms with van der Waals surface area (Å²) in [6, 6.07) is 4.30. The standard InChI is InChI=1S/C18H27N3O2S/c22-17(20-11-3-1-2-4-12-20)9-10-19-18(23)21-13-5-7-15(21)16-8-6-14-24-16/h6,8,14-15H,1-5,7,9-13H2,(H,19,23)/t15-/m0/s1. The fourth-order valence-electron chi connectivity index (χ4n) is 3.64. The van der Waals surface area contributed by atoms with Crippen LogP contribution in [-0.2, 0) is 4.79 Å². The molecule has 24 heavy (non-hydrogen) atoms. The van der Waals surface area contributed by atoms with E-state index in [0.717, 1.165) is 45.3 Å². The van der Waals surface area contributed by atoms with E-state index in [2.05, 4.69) is 16.8 Å². The predicted molar refractivity (Wildman–Crippen MR) is 96.1 cm³/mol. The van der Waals surface area contributed by atoms with Gasteiger partial charge in [0.25, 0.3) is 0 Å². The van der Waals surface area contributed by atoms with Crippen LogP contribution in [0.3, 0.4) is 0 Å². The van der Waals surface area contributed by atoms with Crippen LogP contribution in [0.15, 0.2) is 17.5 Å². The number of nitrogens with zero attached hydrogens (tertiary/aromatic N) is 2. The Hall–Kier alpha value is -1.56. The molecule has 0 spiro atoms. The molecule has 0 bridgehead atoms. The number of likely N-dealkylation sites (tertiary alicyclic amines) is 2. The molecule has 2 saturated heterocycles. The summed E-state index contributed by atoms with van der Waals surface area (Å²) in [6.07, 6.45) is 7.13. The molecule has 3 rings (SSSR count). The van der Waals surface area contributed by atoms with E-state index in [9.17, 15) is 9.59 Å². The highest BCUT2D eigenvalue weighted by Crippen LogP contribution is 2.34. The second-order valence-corrected chi connectivity index (χ2v) is 7.62. The number of hydrogen-bond donors (Lipinski definition) is 1. The lowest BCUT2D eigenvalue weighted by Gasteiger charge is -2.25. The summed E-state index contributed by atoms with van der Waals surface area (Å²) in [5, 5.41) is 5.01. The monoisotopic (exact) mass is 349 g/mol. The Balaban J connectivity index is 1.44. The van der Waals surface area contributed by atoms with Crippen molar-refractivity contribution in [2.45, 2.75) is 51.0 Å². The largest absolute Gasteiger partial charge is 0.343 e. The average molecular weight is 350 g/mol. The Morgan fingerprint density at radius 3 is 2.62 bits per heavy atom. The normalized spacial score (nSPS) is 21.6. The Kier molecular flexibility index (Phi) is 6.12. The molecule has 0 aliphatic carbocycles. The van der Waals surface area contributed by atoms with Crippen LogP contribution in [0.2, 0.25) is 0 Å². The number of carbonyl (C=O) groups excluding carboxylic acids is 2. The highest BCUT2D eigenvalue weighted by atomic mass is 32.1. The number of amides is 3. The van der Waals surface area contributed by atoms with Crippen LogP contribution in [-0.4, -0.2) is 47.9 Å². The summed E-state index contributed by atoms with van der Waals surface area (Å²) in [7, 11) is 0. The van der Waals surface area contributed by atoms with Crippen LogP contribution >= 0.6 is 11.3 Å². The van der Waals surface area contributed by atoms with E-state index in [0.29, 0.717) is 13.0 Å². The second kappa shape index (κ2) is 8.51. The first-order chi connectivity index (χ1) is 11.8. The van der Waals surface area contributed by atoms with Gasteiger partial charge in [0.2, 0.25) is 5.91 Å². The van der Waals surface area contributed by atoms with Crippen LogP contribution < -0.4 is 5.32 Å². The van der Waals surface area contributed by atoms with Crippen molar-refractivity contribution < 1.29 is 9.59 Å². The Morgan fingerprint density at radius 1 is 1.12 bits per heavy atom. The van der Waals surface area contributed by atoms with Crippen molar-refractivity contribution in [1.29, 1.82) is 0 Å². The molecule has 1 atom stereocenters. The fourth-order valence-corrected chi connectivity index (χ4v) is 4.52. The number of urea groups is 1. The third-order valence-corrected chi connectivity index (χ3v) is 5.93. The molecular formula is C18H27N3O2S. The van der Waals surface area contributed by atoms with Gasteiger partial charge in [0.1, 0.15) is 0 Å². The minimum atomic E-state index is -0.0328. The van der Waals surface area contributed by atoms with Gasteiger partial charge in [0, 0.05) is 37.5 Å². The van der Waals surface area contributed by atoms with Gasteiger partial charge < -0.3 is 15.1 Å². The number of rotatable bonds is 4. The molecule has 2 aliphatic rings. The van der Waals surface area contributed by atoms with E-state index in [1.165, 1.54) is 17.7 Å². The van der Waals surface area contributed by atoms with Crippen molar-refractivity contribution in [2.24, 2.45) is 0 Å². The molecule has 2 fully saturated rings. The van der Waals surface area contributed by atoms with Crippen LogP contribution in [0.4, 0.5) is 4.79 Å². The molecule has 6 heteroatoms. The van der Waals surface area contributed by atoms with Gasteiger partial charge in [-0.1, -0.05) is 18.9 Å². The Bertz CT molecular complexity index is 538. The van der Waals surface area contributed by atoms with E-state index in [1.54, 1.807) is 11.3 Å². The van der Waals surface area contributed by atoms with E-state index in [1.807, 2.05) is 15.9 Å². The van der Waals surface area contributed by atoms with Crippen LogP contribution in [0.5, 0.6) is 0 Å². The highest BCUT2D eigenvalue weighted by molar-refractivity contribution is 7.10. The molecule has 1 N–H and O–H groups in total. The van der Waals surface area contributed by atoms with Crippen molar-refractivity contribution in [3.8, 4) is 0 Å². The zero-order valence-electron chi connectivity index (χ0n) is 14.2. The van der Waals surface area contributed by atoms with Gasteiger partial charge in [0.05, 0.1) is 6.04 Å². The SMILES string of the molecule is O=C(CCNC(=O)N1CCC[C@H]1c1cccs1)N1CCCCCC1. The van der Waals surface area contributed by atoms with Crippen molar-refractivity contribution in [3.63, 3.8) is 0 Å². The summed E-state index contributed by atoms with van der Waals surface area (Å²) >= 11 is 1.71. The quantitative estimate of drug-likeness (QED) is 0.906. The zero-order chi connectivity index (χ0) is 16.8. The fraction of sp³-hybridized carbons (Fsp3) is 0.667. The third-order valence-electron chi connectivity index (χ3n) is 4.96. The molecule has 2 aliphatic heterocycles. The third kappa shape index (κ3) is 4.29. The van der Waals surface area contributed by atoms with Crippen molar-refractivity contribution in [1.82, 2.24) is 15.1 Å². The first-order valence-electron chi connectivity index (χ1n) is 9.11. The number of carbonyl (C=O) groups is 2. The minimum Gasteiger partial charge on any atom is -0.343 e. The van der Waals surface area contributed by atoms with Crippen molar-refractivity contribution in [2.75, 3.05) is 26.2 Å². The molecule has 1 aromatic heterocycles. The van der Waals surface area contributed by atoms with Gasteiger partial charge in [-0.3, -0.25) is 4.79 Å². The van der Waals surface area contributed by atoms with Crippen LogP contribution in [0.1, 0.15) is 55.9 Å².